The summed E-state index contributed by atoms with van der Waals surface area (Å²) in [6.07, 6.45) is 2.49. The molecule has 0 saturated heterocycles. The summed E-state index contributed by atoms with van der Waals surface area (Å²) >= 11 is 0. The Balaban J connectivity index is 0.00000612. The molecule has 0 saturated carbocycles. The molecule has 182 valence electrons. The molecule has 0 N–H and O–H groups in total. The van der Waals surface area contributed by atoms with Crippen LogP contribution in [0.3, 0.4) is 0 Å². The number of esters is 2. The minimum absolute atomic E-state index is 0. The van der Waals surface area contributed by atoms with E-state index in [1.165, 1.54) is 6.08 Å². The van der Waals surface area contributed by atoms with Crippen LogP contribution in [0.5, 0.6) is 0 Å². The second kappa shape index (κ2) is 16.5. The molecule has 0 spiro atoms. The maximum absolute atomic E-state index is 12.4. The van der Waals surface area contributed by atoms with Crippen LogP contribution in [0.2, 0.25) is 0 Å². The van der Waals surface area contributed by atoms with Gasteiger partial charge in [-0.05, 0) is 22.8 Å². The van der Waals surface area contributed by atoms with E-state index in [0.29, 0.717) is 5.57 Å². The minimum Gasteiger partial charge on any atom is -0.748 e. The fraction of sp³-hybridized carbons (Fsp3) is 0.182. The van der Waals surface area contributed by atoms with E-state index in [9.17, 15) is 35.5 Å². The smallest absolute Gasteiger partial charge is 0.748 e. The van der Waals surface area contributed by atoms with Gasteiger partial charge in [0.1, 0.15) is 18.8 Å². The van der Waals surface area contributed by atoms with Gasteiger partial charge in [0, 0.05) is 0 Å². The van der Waals surface area contributed by atoms with Gasteiger partial charge < -0.3 is 18.6 Å². The van der Waals surface area contributed by atoms with Crippen LogP contribution in [-0.4, -0.2) is 62.6 Å². The Morgan fingerprint density at radius 3 is 1.36 bits per heavy atom. The average molecular weight is 555 g/mol. The summed E-state index contributed by atoms with van der Waals surface area (Å²) in [4.78, 5) is 24.8. The zero-order valence-electron chi connectivity index (χ0n) is 19.7. The van der Waals surface area contributed by atoms with Crippen LogP contribution < -0.4 is 59.1 Å². The first-order chi connectivity index (χ1) is 16.0. The van der Waals surface area contributed by atoms with Crippen LogP contribution in [0.15, 0.2) is 78.4 Å². The van der Waals surface area contributed by atoms with E-state index < -0.39 is 62.5 Å². The molecule has 2 aromatic carbocycles. The van der Waals surface area contributed by atoms with Crippen LogP contribution >= 0.6 is 0 Å². The number of hydrogen-bond acceptors (Lipinski definition) is 10. The maximum atomic E-state index is 12.4. The molecule has 2 rings (SSSR count). The van der Waals surface area contributed by atoms with Crippen LogP contribution in [0, 0.1) is 0 Å². The largest absolute Gasteiger partial charge is 1.00 e. The van der Waals surface area contributed by atoms with Crippen molar-refractivity contribution in [3.05, 3.63) is 89.5 Å². The van der Waals surface area contributed by atoms with Gasteiger partial charge in [-0.25, -0.2) is 26.4 Å². The number of rotatable bonds is 11. The SMILES string of the molecule is O=C(OCCS(=O)(=O)[O-])C(=CC=C(c1ccccc1)c1ccccc1)C(=O)OCCS(=O)(=O)[O-].[Na+].[Na+]. The zero-order valence-corrected chi connectivity index (χ0v) is 25.3. The summed E-state index contributed by atoms with van der Waals surface area (Å²) in [5, 5.41) is 0. The number of hydrogen-bond donors (Lipinski definition) is 0. The Morgan fingerprint density at radius 1 is 0.667 bits per heavy atom. The van der Waals surface area contributed by atoms with Crippen molar-refractivity contribution in [2.75, 3.05) is 24.7 Å². The van der Waals surface area contributed by atoms with Crippen molar-refractivity contribution in [3.8, 4) is 0 Å². The van der Waals surface area contributed by atoms with Crippen LogP contribution in [0.1, 0.15) is 11.1 Å². The van der Waals surface area contributed by atoms with E-state index in [0.717, 1.165) is 17.2 Å². The minimum atomic E-state index is -4.67. The number of benzene rings is 2. The zero-order chi connectivity index (χ0) is 25.2. The van der Waals surface area contributed by atoms with Gasteiger partial charge in [-0.3, -0.25) is 0 Å². The van der Waals surface area contributed by atoms with Crippen molar-refractivity contribution in [2.45, 2.75) is 0 Å². The Kier molecular flexibility index (Phi) is 15.9. The Hall–Kier alpha value is -1.32. The summed E-state index contributed by atoms with van der Waals surface area (Å²) < 4.78 is 73.8. The van der Waals surface area contributed by atoms with Crippen LogP contribution in [0.25, 0.3) is 5.57 Å². The van der Waals surface area contributed by atoms with Crippen molar-refractivity contribution in [1.29, 1.82) is 0 Å². The number of ether oxygens (including phenoxy) is 2. The van der Waals surface area contributed by atoms with Crippen LogP contribution in [-0.2, 0) is 39.3 Å². The molecule has 0 aliphatic rings. The number of carbonyl (C=O) groups is 2. The molecule has 36 heavy (non-hydrogen) atoms. The van der Waals surface area contributed by atoms with E-state index in [2.05, 4.69) is 0 Å². The van der Waals surface area contributed by atoms with Gasteiger partial charge in [-0.2, -0.15) is 0 Å². The first kappa shape index (κ1) is 34.7. The van der Waals surface area contributed by atoms with Gasteiger partial charge in [0.2, 0.25) is 0 Å². The van der Waals surface area contributed by atoms with Crippen molar-refractivity contribution >= 4 is 37.7 Å². The van der Waals surface area contributed by atoms with Gasteiger partial charge >= 0.3 is 71.1 Å². The van der Waals surface area contributed by atoms with Gasteiger partial charge in [-0.15, -0.1) is 0 Å². The second-order valence-electron chi connectivity index (χ2n) is 6.69. The molecule has 0 fully saturated rings. The van der Waals surface area contributed by atoms with Crippen molar-refractivity contribution in [1.82, 2.24) is 0 Å². The molecule has 0 unspecified atom stereocenters. The van der Waals surface area contributed by atoms with E-state index in [1.54, 1.807) is 60.7 Å². The molecule has 0 aliphatic heterocycles. The number of allylic oxidation sites excluding steroid dienone is 2. The third kappa shape index (κ3) is 13.3. The van der Waals surface area contributed by atoms with Gasteiger partial charge in [0.05, 0.1) is 31.7 Å². The van der Waals surface area contributed by atoms with Crippen molar-refractivity contribution in [2.24, 2.45) is 0 Å². The molecule has 2 aromatic rings. The number of carbonyl (C=O) groups excluding carboxylic acids is 2. The molecule has 0 bridgehead atoms. The third-order valence-corrected chi connectivity index (χ3v) is 5.49. The summed E-state index contributed by atoms with van der Waals surface area (Å²) in [5.41, 5.74) is 1.38. The van der Waals surface area contributed by atoms with Crippen molar-refractivity contribution < 1.29 is 104 Å². The molecule has 10 nitrogen and oxygen atoms in total. The van der Waals surface area contributed by atoms with Gasteiger partial charge in [0.15, 0.2) is 0 Å². The molecule has 0 amide bonds. The molecule has 0 atom stereocenters. The molecule has 14 heteroatoms. The fourth-order valence-electron chi connectivity index (χ4n) is 2.61. The molecular weight excluding hydrogens is 534 g/mol. The average Bonchev–Trinajstić information content (AvgIpc) is 2.76. The summed E-state index contributed by atoms with van der Waals surface area (Å²) in [5.74, 6) is -4.61. The molecule has 0 aromatic heterocycles. The van der Waals surface area contributed by atoms with Gasteiger partial charge in [-0.1, -0.05) is 66.7 Å². The molecule has 0 radical (unpaired) electrons. The maximum Gasteiger partial charge on any atom is 1.00 e. The Morgan fingerprint density at radius 2 is 1.03 bits per heavy atom. The predicted molar refractivity (Wildman–Crippen MR) is 119 cm³/mol. The topological polar surface area (TPSA) is 167 Å². The predicted octanol–water partition coefficient (Wildman–Crippen LogP) is -4.77. The summed E-state index contributed by atoms with van der Waals surface area (Å²) in [6.45, 7) is -1.61. The Labute approximate surface area is 253 Å². The molecule has 0 heterocycles. The summed E-state index contributed by atoms with van der Waals surface area (Å²) in [7, 11) is -9.34. The first-order valence-corrected chi connectivity index (χ1v) is 12.9. The van der Waals surface area contributed by atoms with Gasteiger partial charge in [0.25, 0.3) is 0 Å². The fourth-order valence-corrected chi connectivity index (χ4v) is 3.18. The van der Waals surface area contributed by atoms with Crippen molar-refractivity contribution in [3.63, 3.8) is 0 Å². The third-order valence-electron chi connectivity index (χ3n) is 4.16. The quantitative estimate of drug-likeness (QED) is 0.0500. The standard InChI is InChI=1S/C22H22O10S2.2Na/c23-21(31-13-15-33(25,26)27)20(22(24)32-14-16-34(28,29)30)12-11-19(17-7-3-1-4-8-17)18-9-5-2-6-10-18;;/h1-12H,13-16H2,(H,25,26,27)(H,28,29,30);;/q;2*+1/p-2. The van der Waals surface area contributed by atoms with E-state index in [1.807, 2.05) is 0 Å². The van der Waals surface area contributed by atoms with E-state index in [-0.39, 0.29) is 59.1 Å². The summed E-state index contributed by atoms with van der Waals surface area (Å²) in [6, 6.07) is 17.9. The molecule has 0 aliphatic carbocycles. The molecular formula is C22H20Na2O10S2. The van der Waals surface area contributed by atoms with E-state index in [4.69, 9.17) is 9.47 Å². The normalized spacial score (nSPS) is 10.6. The monoisotopic (exact) mass is 554 g/mol. The second-order valence-corrected chi connectivity index (χ2v) is 9.74. The van der Waals surface area contributed by atoms with Crippen LogP contribution in [0.4, 0.5) is 0 Å². The first-order valence-electron chi connectivity index (χ1n) is 9.70. The van der Waals surface area contributed by atoms with E-state index >= 15 is 0 Å². The Bertz CT molecular complexity index is 1180.